The summed E-state index contributed by atoms with van der Waals surface area (Å²) in [6, 6.07) is 20.2. The number of nitrogens with zero attached hydrogens (tertiary/aromatic N) is 2. The topological polar surface area (TPSA) is 92.5 Å². The van der Waals surface area contributed by atoms with Gasteiger partial charge in [-0.05, 0) is 60.4 Å². The zero-order valence-electron chi connectivity index (χ0n) is 17.4. The van der Waals surface area contributed by atoms with Gasteiger partial charge in [0.1, 0.15) is 0 Å². The largest absolute Gasteiger partial charge is 0.327 e. The summed E-state index contributed by atoms with van der Waals surface area (Å²) in [6.07, 6.45) is 1.80. The van der Waals surface area contributed by atoms with Crippen molar-refractivity contribution >= 4 is 46.6 Å². The highest BCUT2D eigenvalue weighted by molar-refractivity contribution is 8.02. The van der Waals surface area contributed by atoms with Gasteiger partial charge in [0.15, 0.2) is 5.78 Å². The number of anilines is 1. The maximum Gasteiger partial charge on any atom is 0.327 e. The Hall–Kier alpha value is -3.62. The van der Waals surface area contributed by atoms with Gasteiger partial charge in [-0.25, -0.2) is 4.79 Å². The third-order valence-electron chi connectivity index (χ3n) is 5.19. The van der Waals surface area contributed by atoms with Gasteiger partial charge in [0.05, 0.1) is 27.3 Å². The molecule has 0 fully saturated rings. The number of thioether (sulfide) groups is 1. The molecule has 1 aliphatic heterocycles. The number of Topliss-reactive ketones (excluding diaryl/α,β-unsaturated/α-hetero) is 1. The first-order valence-corrected chi connectivity index (χ1v) is 11.5. The van der Waals surface area contributed by atoms with E-state index >= 15 is 0 Å². The smallest absolute Gasteiger partial charge is 0.326 e. The minimum absolute atomic E-state index is 0.0774. The molecule has 0 aliphatic carbocycles. The van der Waals surface area contributed by atoms with Crippen LogP contribution in [0.3, 0.4) is 0 Å². The summed E-state index contributed by atoms with van der Waals surface area (Å²) >= 11 is 7.28. The number of rotatable bonds is 6. The van der Waals surface area contributed by atoms with Gasteiger partial charge in [-0.3, -0.25) is 19.8 Å². The summed E-state index contributed by atoms with van der Waals surface area (Å²) in [4.78, 5) is 39.0. The fourth-order valence-electron chi connectivity index (χ4n) is 3.63. The Balaban J connectivity index is 1.90. The molecule has 3 aromatic rings. The van der Waals surface area contributed by atoms with E-state index in [1.165, 1.54) is 28.8 Å². The lowest BCUT2D eigenvalue weighted by Gasteiger charge is -2.36. The Kier molecular flexibility index (Phi) is 6.48. The van der Waals surface area contributed by atoms with Crippen LogP contribution in [0.5, 0.6) is 0 Å². The van der Waals surface area contributed by atoms with E-state index < -0.39 is 17.0 Å². The molecule has 166 valence electrons. The van der Waals surface area contributed by atoms with E-state index in [0.717, 1.165) is 0 Å². The number of carbonyl (C=O) groups is 2. The van der Waals surface area contributed by atoms with Crippen molar-refractivity contribution in [2.45, 2.75) is 6.04 Å². The molecule has 1 heterocycles. The maximum absolute atomic E-state index is 13.7. The van der Waals surface area contributed by atoms with E-state index in [-0.39, 0.29) is 11.5 Å². The zero-order valence-corrected chi connectivity index (χ0v) is 19.0. The van der Waals surface area contributed by atoms with Gasteiger partial charge in [0.25, 0.3) is 5.69 Å². The highest BCUT2D eigenvalue weighted by Crippen LogP contribution is 2.39. The number of nitro benzene ring substituents is 1. The van der Waals surface area contributed by atoms with Crippen LogP contribution in [0.15, 0.2) is 89.5 Å². The average Bonchev–Trinajstić information content (AvgIpc) is 2.84. The second-order valence-corrected chi connectivity index (χ2v) is 8.39. The molecule has 0 saturated carbocycles. The van der Waals surface area contributed by atoms with Crippen LogP contribution in [0.25, 0.3) is 0 Å². The molecule has 0 unspecified atom stereocenters. The van der Waals surface area contributed by atoms with Gasteiger partial charge in [-0.2, -0.15) is 0 Å². The molecule has 3 aromatic carbocycles. The highest BCUT2D eigenvalue weighted by atomic mass is 35.5. The predicted molar refractivity (Wildman–Crippen MR) is 130 cm³/mol. The highest BCUT2D eigenvalue weighted by Gasteiger charge is 2.38. The summed E-state index contributed by atoms with van der Waals surface area (Å²) < 4.78 is 0. The van der Waals surface area contributed by atoms with Gasteiger partial charge in [0.2, 0.25) is 0 Å². The molecule has 4 rings (SSSR count). The molecule has 1 aliphatic rings. The van der Waals surface area contributed by atoms with E-state index in [2.05, 4.69) is 5.32 Å². The van der Waals surface area contributed by atoms with Crippen LogP contribution in [0.1, 0.15) is 22.0 Å². The number of halogens is 1. The third-order valence-corrected chi connectivity index (χ3v) is 6.23. The lowest BCUT2D eigenvalue weighted by atomic mass is 9.91. The van der Waals surface area contributed by atoms with Crippen LogP contribution in [-0.4, -0.2) is 23.0 Å². The molecule has 0 radical (unpaired) electrons. The van der Waals surface area contributed by atoms with Gasteiger partial charge in [-0.15, -0.1) is 11.8 Å². The number of benzene rings is 3. The average molecular weight is 480 g/mol. The number of urea groups is 1. The fraction of sp³-hybridized carbons (Fsp3) is 0.0833. The number of non-ortho nitro benzene ring substituents is 1. The van der Waals surface area contributed by atoms with E-state index in [4.69, 9.17) is 11.6 Å². The molecule has 33 heavy (non-hydrogen) atoms. The monoisotopic (exact) mass is 479 g/mol. The maximum atomic E-state index is 13.7. The van der Waals surface area contributed by atoms with Crippen molar-refractivity contribution in [3.05, 3.63) is 116 Å². The van der Waals surface area contributed by atoms with Crippen molar-refractivity contribution in [2.24, 2.45) is 0 Å². The zero-order chi connectivity index (χ0) is 23.5. The molecule has 0 aromatic heterocycles. The van der Waals surface area contributed by atoms with Crippen molar-refractivity contribution in [1.82, 2.24) is 5.32 Å². The first-order valence-electron chi connectivity index (χ1n) is 9.89. The standard InChI is InChI=1S/C24H18ClN3O4S/c1-33-23-20(22(29)16-7-11-17(25)12-8-16)21(15-9-13-19(14-10-15)28(31)32)26-24(30)27(23)18-5-3-2-4-6-18/h2-14,21H,1H3,(H,26,30)/t21-/m0/s1. The minimum Gasteiger partial charge on any atom is -0.326 e. The van der Waals surface area contributed by atoms with E-state index in [1.54, 1.807) is 54.8 Å². The summed E-state index contributed by atoms with van der Waals surface area (Å²) in [5, 5.41) is 15.0. The summed E-state index contributed by atoms with van der Waals surface area (Å²) in [5.74, 6) is -0.277. The Labute approximate surface area is 199 Å². The third kappa shape index (κ3) is 4.48. The van der Waals surface area contributed by atoms with Crippen molar-refractivity contribution in [3.8, 4) is 0 Å². The molecular formula is C24H18ClN3O4S. The quantitative estimate of drug-likeness (QED) is 0.267. The van der Waals surface area contributed by atoms with E-state index in [9.17, 15) is 19.7 Å². The van der Waals surface area contributed by atoms with Crippen molar-refractivity contribution in [2.75, 3.05) is 11.2 Å². The van der Waals surface area contributed by atoms with Crippen LogP contribution >= 0.6 is 23.4 Å². The SMILES string of the molecule is CSC1=C(C(=O)c2ccc(Cl)cc2)[C@H](c2ccc([N+](=O)[O-])cc2)NC(=O)N1c1ccccc1. The fourth-order valence-corrected chi connectivity index (χ4v) is 4.56. The summed E-state index contributed by atoms with van der Waals surface area (Å²) in [7, 11) is 0. The predicted octanol–water partition coefficient (Wildman–Crippen LogP) is 5.98. The second kappa shape index (κ2) is 9.48. The van der Waals surface area contributed by atoms with Crippen LogP contribution in [0.2, 0.25) is 5.02 Å². The first-order chi connectivity index (χ1) is 15.9. The van der Waals surface area contributed by atoms with Crippen LogP contribution in [-0.2, 0) is 0 Å². The van der Waals surface area contributed by atoms with Crippen LogP contribution < -0.4 is 10.2 Å². The van der Waals surface area contributed by atoms with Gasteiger partial charge < -0.3 is 5.32 Å². The number of nitro groups is 1. The second-order valence-electron chi connectivity index (χ2n) is 7.16. The molecule has 1 N–H and O–H groups in total. The van der Waals surface area contributed by atoms with Crippen LogP contribution in [0, 0.1) is 10.1 Å². The Morgan fingerprint density at radius 1 is 1.03 bits per heavy atom. The summed E-state index contributed by atoms with van der Waals surface area (Å²) in [6.45, 7) is 0. The lowest BCUT2D eigenvalue weighted by molar-refractivity contribution is -0.384. The number of carbonyl (C=O) groups excluding carboxylic acids is 2. The van der Waals surface area contributed by atoms with Crippen molar-refractivity contribution in [3.63, 3.8) is 0 Å². The van der Waals surface area contributed by atoms with Crippen LogP contribution in [0.4, 0.5) is 16.2 Å². The lowest BCUT2D eigenvalue weighted by Crippen LogP contribution is -2.48. The molecule has 1 atom stereocenters. The Morgan fingerprint density at radius 3 is 2.24 bits per heavy atom. The Morgan fingerprint density at radius 2 is 1.67 bits per heavy atom. The molecule has 9 heteroatoms. The molecular weight excluding hydrogens is 462 g/mol. The van der Waals surface area contributed by atoms with Gasteiger partial charge >= 0.3 is 6.03 Å². The molecule has 0 bridgehead atoms. The van der Waals surface area contributed by atoms with E-state index in [1.807, 2.05) is 18.2 Å². The van der Waals surface area contributed by atoms with Gasteiger partial charge in [-0.1, -0.05) is 29.8 Å². The number of hydrogen-bond acceptors (Lipinski definition) is 5. The molecule has 2 amide bonds. The molecule has 0 spiro atoms. The Bertz CT molecular complexity index is 1240. The van der Waals surface area contributed by atoms with Gasteiger partial charge in [0, 0.05) is 22.7 Å². The number of nitrogens with one attached hydrogen (secondary N) is 1. The van der Waals surface area contributed by atoms with Crippen molar-refractivity contribution in [1.29, 1.82) is 0 Å². The minimum atomic E-state index is -0.788. The summed E-state index contributed by atoms with van der Waals surface area (Å²) in [5.41, 5.74) is 1.87. The number of amides is 2. The number of ketones is 1. The van der Waals surface area contributed by atoms with E-state index in [0.29, 0.717) is 32.4 Å². The number of hydrogen-bond donors (Lipinski definition) is 1. The van der Waals surface area contributed by atoms with Crippen molar-refractivity contribution < 1.29 is 14.5 Å². The molecule has 7 nitrogen and oxygen atoms in total. The normalized spacial score (nSPS) is 15.9. The number of para-hydroxylation sites is 1. The first kappa shape index (κ1) is 22.6. The molecule has 0 saturated heterocycles.